The highest BCUT2D eigenvalue weighted by molar-refractivity contribution is 5.95. The van der Waals surface area contributed by atoms with Gasteiger partial charge in [0.05, 0.1) is 23.0 Å². The Morgan fingerprint density at radius 3 is 2.79 bits per heavy atom. The summed E-state index contributed by atoms with van der Waals surface area (Å²) in [5.41, 5.74) is -0.638. The van der Waals surface area contributed by atoms with Gasteiger partial charge in [-0.2, -0.15) is 0 Å². The minimum Gasteiger partial charge on any atom is -0.493 e. The quantitative estimate of drug-likeness (QED) is 0.437. The summed E-state index contributed by atoms with van der Waals surface area (Å²) in [5.74, 6) is -0.654. The molecule has 2 aliphatic heterocycles. The Kier molecular flexibility index (Phi) is 6.21. The number of halogens is 4. The minimum absolute atomic E-state index is 0.0236. The van der Waals surface area contributed by atoms with E-state index in [1.165, 1.54) is 48.4 Å². The number of piperidine rings is 1. The summed E-state index contributed by atoms with van der Waals surface area (Å²) in [7, 11) is 1.32. The number of likely N-dealkylation sites (tertiary alicyclic amines) is 1. The number of alkyl halides is 3. The number of ether oxygens (including phenoxy) is 5. The number of fused-ring (bicyclic) bond motifs is 1. The first-order chi connectivity index (χ1) is 16.9. The molecule has 0 aliphatic carbocycles. The van der Waals surface area contributed by atoms with Crippen LogP contribution in [0.15, 0.2) is 42.5 Å². The van der Waals surface area contributed by atoms with Gasteiger partial charge in [-0.1, -0.05) is 12.1 Å². The van der Waals surface area contributed by atoms with Crippen LogP contribution >= 0.6 is 0 Å². The Balaban J connectivity index is 1.48. The molecule has 184 valence electrons. The minimum atomic E-state index is -4.77. The van der Waals surface area contributed by atoms with Gasteiger partial charge in [-0.15, -0.1) is 13.2 Å². The molecular formula is C23H23F4NO6. The highest BCUT2D eigenvalue weighted by Crippen LogP contribution is 2.43. The van der Waals surface area contributed by atoms with Crippen LogP contribution in [-0.2, 0) is 19.8 Å². The molecule has 2 unspecified atom stereocenters. The fraction of sp³-hybridized carbons (Fsp3) is 0.435. The smallest absolute Gasteiger partial charge is 0.493 e. The lowest BCUT2D eigenvalue weighted by molar-refractivity contribution is -0.325. The van der Waals surface area contributed by atoms with Gasteiger partial charge in [-0.05, 0) is 35.9 Å². The largest absolute Gasteiger partial charge is 0.522 e. The van der Waals surface area contributed by atoms with Crippen LogP contribution in [0.5, 0.6) is 11.5 Å². The second kappa shape index (κ2) is 9.77. The van der Waals surface area contributed by atoms with E-state index in [1.807, 2.05) is 0 Å². The topological polar surface area (TPSA) is 66.5 Å². The highest BCUT2D eigenvalue weighted by atomic mass is 19.4. The summed E-state index contributed by atoms with van der Waals surface area (Å²) in [5, 5.41) is 0. The van der Waals surface area contributed by atoms with E-state index in [-0.39, 0.29) is 36.6 Å². The van der Waals surface area contributed by atoms with Crippen molar-refractivity contribution in [3.63, 3.8) is 0 Å². The summed E-state index contributed by atoms with van der Waals surface area (Å²) in [6, 6.07) is 9.87. The fourth-order valence-electron chi connectivity index (χ4n) is 4.04. The average molecular weight is 487 g/mol. The number of hydrogen-bond donors (Lipinski definition) is 0. The number of nitrogens with zero attached hydrogens (tertiary/aromatic N) is 1. The molecule has 4 rings (SSSR count). The molecule has 0 spiro atoms. The molecule has 0 N–H and O–H groups in total. The number of carbonyl (C=O) groups is 1. The van der Waals surface area contributed by atoms with Crippen molar-refractivity contribution in [3.05, 3.63) is 59.4 Å². The van der Waals surface area contributed by atoms with Gasteiger partial charge in [0.25, 0.3) is 5.91 Å². The maximum Gasteiger partial charge on any atom is 0.522 e. The van der Waals surface area contributed by atoms with Crippen LogP contribution in [-0.4, -0.2) is 63.4 Å². The molecule has 2 saturated heterocycles. The zero-order valence-corrected chi connectivity index (χ0v) is 18.1. The molecule has 0 saturated carbocycles. The molecule has 2 fully saturated rings. The molecule has 2 aromatic rings. The van der Waals surface area contributed by atoms with Gasteiger partial charge in [0.2, 0.25) is 0 Å². The van der Waals surface area contributed by atoms with E-state index in [9.17, 15) is 22.4 Å². The molecule has 0 radical (unpaired) electrons. The fourth-order valence-corrected chi connectivity index (χ4v) is 4.04. The average Bonchev–Trinajstić information content (AvgIpc) is 3.11. The van der Waals surface area contributed by atoms with Crippen molar-refractivity contribution in [1.29, 1.82) is 0 Å². The summed E-state index contributed by atoms with van der Waals surface area (Å²) in [4.78, 5) is 14.7. The van der Waals surface area contributed by atoms with Crippen LogP contribution in [0.1, 0.15) is 25.1 Å². The Labute approximate surface area is 195 Å². The van der Waals surface area contributed by atoms with Crippen LogP contribution in [0.4, 0.5) is 17.6 Å². The Hall–Kier alpha value is -2.89. The molecule has 0 bridgehead atoms. The van der Waals surface area contributed by atoms with Crippen molar-refractivity contribution in [2.75, 3.05) is 40.2 Å². The molecule has 2 atom stereocenters. The number of hydrogen-bond acceptors (Lipinski definition) is 6. The molecule has 11 heteroatoms. The number of amides is 1. The maximum absolute atomic E-state index is 13.9. The van der Waals surface area contributed by atoms with Crippen LogP contribution in [0.25, 0.3) is 0 Å². The van der Waals surface area contributed by atoms with Crippen molar-refractivity contribution in [2.45, 2.75) is 24.5 Å². The van der Waals surface area contributed by atoms with Crippen LogP contribution in [0.3, 0.4) is 0 Å². The van der Waals surface area contributed by atoms with Crippen LogP contribution in [0.2, 0.25) is 0 Å². The highest BCUT2D eigenvalue weighted by Gasteiger charge is 2.51. The molecular weight excluding hydrogens is 462 g/mol. The number of carbonyl (C=O) groups excluding carboxylic acids is 1. The van der Waals surface area contributed by atoms with E-state index in [1.54, 1.807) is 6.07 Å². The Bertz CT molecular complexity index is 1120. The molecule has 2 heterocycles. The molecule has 2 aromatic carbocycles. The first-order valence-electron chi connectivity index (χ1n) is 11.4. The van der Waals surface area contributed by atoms with Gasteiger partial charge < -0.3 is 23.8 Å². The zero-order valence-electron chi connectivity index (χ0n) is 20.1. The third-order valence-corrected chi connectivity index (χ3v) is 5.69. The van der Waals surface area contributed by atoms with Gasteiger partial charge in [0, 0.05) is 18.5 Å². The predicted octanol–water partition coefficient (Wildman–Crippen LogP) is 3.86. The first-order valence-corrected chi connectivity index (χ1v) is 10.4. The van der Waals surface area contributed by atoms with E-state index in [0.29, 0.717) is 5.56 Å². The molecule has 1 amide bonds. The van der Waals surface area contributed by atoms with Gasteiger partial charge in [-0.25, -0.2) is 4.39 Å². The predicted molar refractivity (Wildman–Crippen MR) is 110 cm³/mol. The summed E-state index contributed by atoms with van der Waals surface area (Å²) >= 11 is 0. The van der Waals surface area contributed by atoms with Gasteiger partial charge in [0.15, 0.2) is 11.5 Å². The molecule has 2 aliphatic rings. The van der Waals surface area contributed by atoms with Crippen LogP contribution < -0.4 is 9.47 Å². The maximum atomic E-state index is 13.9. The molecule has 7 nitrogen and oxygen atoms in total. The summed E-state index contributed by atoms with van der Waals surface area (Å²) in [6.45, 7) is -3.39. The van der Waals surface area contributed by atoms with E-state index < -0.39 is 49.8 Å². The number of rotatable bonds is 7. The SMILES string of the molecule is [2H]C1([2H])OC2CN(C(=O)c3ccc(OCCOC(F)(F)F)c(OC)c3)CCC2(c2cccc(F)c2)O1. The second-order valence-electron chi connectivity index (χ2n) is 7.70. The van der Waals surface area contributed by atoms with Gasteiger partial charge >= 0.3 is 6.36 Å². The third-order valence-electron chi connectivity index (χ3n) is 5.69. The lowest BCUT2D eigenvalue weighted by Gasteiger charge is -2.42. The summed E-state index contributed by atoms with van der Waals surface area (Å²) < 4.78 is 91.4. The van der Waals surface area contributed by atoms with Crippen molar-refractivity contribution < 1.29 is 48.8 Å². The molecule has 0 aromatic heterocycles. The molecule has 34 heavy (non-hydrogen) atoms. The van der Waals surface area contributed by atoms with Crippen molar-refractivity contribution in [1.82, 2.24) is 4.90 Å². The van der Waals surface area contributed by atoms with Gasteiger partial charge in [0.1, 0.15) is 30.9 Å². The lowest BCUT2D eigenvalue weighted by atomic mass is 9.82. The Morgan fingerprint density at radius 1 is 1.24 bits per heavy atom. The summed E-state index contributed by atoms with van der Waals surface area (Å²) in [6.07, 6.45) is -5.51. The monoisotopic (exact) mass is 487 g/mol. The number of methoxy groups -OCH3 is 1. The Morgan fingerprint density at radius 2 is 2.06 bits per heavy atom. The van der Waals surface area contributed by atoms with E-state index in [4.69, 9.17) is 21.7 Å². The zero-order chi connectivity index (χ0) is 26.1. The normalized spacial score (nSPS) is 24.7. The van der Waals surface area contributed by atoms with Crippen molar-refractivity contribution in [3.8, 4) is 11.5 Å². The number of benzene rings is 2. The standard InChI is InChI=1S/C23H23F4NO6/c1-30-19-11-15(5-6-18(19)31-9-10-33-23(25,26)27)21(29)28-8-7-22(20(13-28)32-14-34-22)16-3-2-4-17(24)12-16/h2-6,11-12,20H,7-10,13-14H2,1H3/i14D2. The van der Waals surface area contributed by atoms with E-state index in [0.717, 1.165) is 0 Å². The third kappa shape index (κ3) is 5.11. The second-order valence-corrected chi connectivity index (χ2v) is 7.70. The van der Waals surface area contributed by atoms with Gasteiger partial charge in [-0.3, -0.25) is 9.53 Å². The van der Waals surface area contributed by atoms with Crippen molar-refractivity contribution in [2.24, 2.45) is 0 Å². The first kappa shape index (κ1) is 21.6. The van der Waals surface area contributed by atoms with E-state index >= 15 is 0 Å². The lowest BCUT2D eigenvalue weighted by Crippen LogP contribution is -2.53. The van der Waals surface area contributed by atoms with Crippen molar-refractivity contribution >= 4 is 5.91 Å². The van der Waals surface area contributed by atoms with E-state index in [2.05, 4.69) is 4.74 Å². The van der Waals surface area contributed by atoms with Crippen LogP contribution in [0, 0.1) is 5.82 Å².